The van der Waals surface area contributed by atoms with Gasteiger partial charge in [-0.3, -0.25) is 4.98 Å². The van der Waals surface area contributed by atoms with Crippen LogP contribution < -0.4 is 5.32 Å². The molecule has 4 heteroatoms. The number of aryl methyl sites for hydroxylation is 1. The summed E-state index contributed by atoms with van der Waals surface area (Å²) in [6, 6.07) is 5.82. The molecule has 0 aromatic carbocycles. The van der Waals surface area contributed by atoms with Crippen LogP contribution in [0.15, 0.2) is 18.2 Å². The van der Waals surface area contributed by atoms with Gasteiger partial charge in [-0.25, -0.2) is 4.79 Å². The lowest BCUT2D eigenvalue weighted by Crippen LogP contribution is -2.37. The van der Waals surface area contributed by atoms with E-state index in [0.717, 1.165) is 30.8 Å². The van der Waals surface area contributed by atoms with E-state index in [4.69, 9.17) is 0 Å². The predicted molar refractivity (Wildman–Crippen MR) is 77.9 cm³/mol. The molecule has 0 radical (unpaired) electrons. The number of rotatable bonds is 6. The maximum Gasteiger partial charge on any atom is 0.317 e. The van der Waals surface area contributed by atoms with Crippen molar-refractivity contribution in [2.24, 2.45) is 5.92 Å². The minimum absolute atomic E-state index is 0.0351. The SMILES string of the molecule is Cc1cccc(CN(C)C(=O)NCCCC(C)C)n1. The second-order valence-corrected chi connectivity index (χ2v) is 5.39. The number of nitrogens with one attached hydrogen (secondary N) is 1. The van der Waals surface area contributed by atoms with Crippen molar-refractivity contribution in [3.05, 3.63) is 29.6 Å². The maximum absolute atomic E-state index is 11.9. The van der Waals surface area contributed by atoms with Crippen molar-refractivity contribution in [3.63, 3.8) is 0 Å². The van der Waals surface area contributed by atoms with Crippen molar-refractivity contribution in [3.8, 4) is 0 Å². The van der Waals surface area contributed by atoms with E-state index in [9.17, 15) is 4.79 Å². The molecule has 1 aromatic heterocycles. The second kappa shape index (κ2) is 7.77. The van der Waals surface area contributed by atoms with E-state index in [-0.39, 0.29) is 6.03 Å². The molecular formula is C15H25N3O. The summed E-state index contributed by atoms with van der Waals surface area (Å²) in [4.78, 5) is 17.9. The highest BCUT2D eigenvalue weighted by Crippen LogP contribution is 2.03. The van der Waals surface area contributed by atoms with Gasteiger partial charge in [0.1, 0.15) is 0 Å². The van der Waals surface area contributed by atoms with Gasteiger partial charge in [0, 0.05) is 19.3 Å². The third kappa shape index (κ3) is 6.22. The Balaban J connectivity index is 2.32. The molecule has 0 unspecified atom stereocenters. The van der Waals surface area contributed by atoms with Crippen LogP contribution in [0.3, 0.4) is 0 Å². The van der Waals surface area contributed by atoms with Gasteiger partial charge in [0.2, 0.25) is 0 Å². The van der Waals surface area contributed by atoms with Gasteiger partial charge in [-0.05, 0) is 37.8 Å². The Morgan fingerprint density at radius 1 is 1.42 bits per heavy atom. The molecule has 1 aromatic rings. The minimum atomic E-state index is -0.0351. The molecule has 0 saturated heterocycles. The first-order valence-corrected chi connectivity index (χ1v) is 6.90. The van der Waals surface area contributed by atoms with E-state index in [2.05, 4.69) is 24.1 Å². The lowest BCUT2D eigenvalue weighted by atomic mass is 10.1. The highest BCUT2D eigenvalue weighted by Gasteiger charge is 2.09. The van der Waals surface area contributed by atoms with Gasteiger partial charge >= 0.3 is 6.03 Å². The molecule has 1 N–H and O–H groups in total. The van der Waals surface area contributed by atoms with Crippen LogP contribution in [-0.4, -0.2) is 29.5 Å². The first kappa shape index (κ1) is 15.5. The third-order valence-electron chi connectivity index (χ3n) is 2.93. The highest BCUT2D eigenvalue weighted by atomic mass is 16.2. The quantitative estimate of drug-likeness (QED) is 0.802. The largest absolute Gasteiger partial charge is 0.338 e. The molecule has 0 atom stereocenters. The maximum atomic E-state index is 11.9. The van der Waals surface area contributed by atoms with Crippen molar-refractivity contribution in [2.75, 3.05) is 13.6 Å². The Bertz CT molecular complexity index is 404. The second-order valence-electron chi connectivity index (χ2n) is 5.39. The number of hydrogen-bond donors (Lipinski definition) is 1. The van der Waals surface area contributed by atoms with Crippen LogP contribution in [0.5, 0.6) is 0 Å². The summed E-state index contributed by atoms with van der Waals surface area (Å²) in [5.41, 5.74) is 1.89. The molecule has 0 aliphatic carbocycles. The van der Waals surface area contributed by atoms with Crippen LogP contribution in [0.1, 0.15) is 38.1 Å². The van der Waals surface area contributed by atoms with Crippen molar-refractivity contribution in [1.82, 2.24) is 15.2 Å². The summed E-state index contributed by atoms with van der Waals surface area (Å²) in [7, 11) is 1.79. The van der Waals surface area contributed by atoms with Crippen molar-refractivity contribution in [1.29, 1.82) is 0 Å². The fourth-order valence-electron chi connectivity index (χ4n) is 1.84. The van der Waals surface area contributed by atoms with E-state index in [0.29, 0.717) is 12.5 Å². The van der Waals surface area contributed by atoms with E-state index in [1.807, 2.05) is 25.1 Å². The topological polar surface area (TPSA) is 45.2 Å². The zero-order valence-corrected chi connectivity index (χ0v) is 12.4. The Morgan fingerprint density at radius 2 is 2.16 bits per heavy atom. The molecule has 2 amide bonds. The molecule has 1 rings (SSSR count). The number of amides is 2. The van der Waals surface area contributed by atoms with Crippen molar-refractivity contribution >= 4 is 6.03 Å². The third-order valence-corrected chi connectivity index (χ3v) is 2.93. The number of pyridine rings is 1. The Kier molecular flexibility index (Phi) is 6.33. The summed E-state index contributed by atoms with van der Waals surface area (Å²) in [6.45, 7) is 7.62. The van der Waals surface area contributed by atoms with Crippen LogP contribution >= 0.6 is 0 Å². The molecule has 0 spiro atoms. The first-order valence-electron chi connectivity index (χ1n) is 6.90. The zero-order valence-electron chi connectivity index (χ0n) is 12.4. The highest BCUT2D eigenvalue weighted by molar-refractivity contribution is 5.73. The molecule has 0 fully saturated rings. The molecule has 106 valence electrons. The first-order chi connectivity index (χ1) is 8.99. The standard InChI is InChI=1S/C15H25N3O/c1-12(2)7-6-10-16-15(19)18(4)11-14-9-5-8-13(3)17-14/h5,8-9,12H,6-7,10-11H2,1-4H3,(H,16,19). The van der Waals surface area contributed by atoms with Crippen LogP contribution in [-0.2, 0) is 6.54 Å². The smallest absolute Gasteiger partial charge is 0.317 e. The van der Waals surface area contributed by atoms with Crippen LogP contribution in [0.4, 0.5) is 4.79 Å². The van der Waals surface area contributed by atoms with Crippen LogP contribution in [0.25, 0.3) is 0 Å². The van der Waals surface area contributed by atoms with Crippen LogP contribution in [0.2, 0.25) is 0 Å². The number of urea groups is 1. The monoisotopic (exact) mass is 263 g/mol. The summed E-state index contributed by atoms with van der Waals surface area (Å²) >= 11 is 0. The summed E-state index contributed by atoms with van der Waals surface area (Å²) in [5, 5.41) is 2.93. The number of nitrogens with zero attached hydrogens (tertiary/aromatic N) is 2. The normalized spacial score (nSPS) is 10.6. The molecule has 19 heavy (non-hydrogen) atoms. The number of aromatic nitrogens is 1. The number of hydrogen-bond acceptors (Lipinski definition) is 2. The van der Waals surface area contributed by atoms with Gasteiger partial charge in [-0.1, -0.05) is 19.9 Å². The molecule has 0 saturated carbocycles. The van der Waals surface area contributed by atoms with E-state index in [1.54, 1.807) is 11.9 Å². The van der Waals surface area contributed by atoms with Gasteiger partial charge in [0.15, 0.2) is 0 Å². The summed E-state index contributed by atoms with van der Waals surface area (Å²) in [6.07, 6.45) is 2.17. The van der Waals surface area contributed by atoms with Gasteiger partial charge in [-0.15, -0.1) is 0 Å². The van der Waals surface area contributed by atoms with E-state index in [1.165, 1.54) is 0 Å². The fourth-order valence-corrected chi connectivity index (χ4v) is 1.84. The lowest BCUT2D eigenvalue weighted by molar-refractivity contribution is 0.206. The van der Waals surface area contributed by atoms with Crippen molar-refractivity contribution in [2.45, 2.75) is 40.2 Å². The molecule has 4 nitrogen and oxygen atoms in total. The van der Waals surface area contributed by atoms with Gasteiger partial charge in [0.05, 0.1) is 12.2 Å². The number of carbonyl (C=O) groups excluding carboxylic acids is 1. The van der Waals surface area contributed by atoms with E-state index < -0.39 is 0 Å². The Labute approximate surface area is 116 Å². The van der Waals surface area contributed by atoms with Gasteiger partial charge in [0.25, 0.3) is 0 Å². The average Bonchev–Trinajstić information content (AvgIpc) is 2.34. The Hall–Kier alpha value is -1.58. The minimum Gasteiger partial charge on any atom is -0.338 e. The lowest BCUT2D eigenvalue weighted by Gasteiger charge is -2.18. The molecule has 0 aliphatic heterocycles. The van der Waals surface area contributed by atoms with Gasteiger partial charge < -0.3 is 10.2 Å². The summed E-state index contributed by atoms with van der Waals surface area (Å²) < 4.78 is 0. The predicted octanol–water partition coefficient (Wildman–Crippen LogP) is 2.97. The van der Waals surface area contributed by atoms with Crippen molar-refractivity contribution < 1.29 is 4.79 Å². The summed E-state index contributed by atoms with van der Waals surface area (Å²) in [5.74, 6) is 0.686. The van der Waals surface area contributed by atoms with Crippen LogP contribution in [0, 0.1) is 12.8 Å². The average molecular weight is 263 g/mol. The zero-order chi connectivity index (χ0) is 14.3. The Morgan fingerprint density at radius 3 is 2.79 bits per heavy atom. The number of carbonyl (C=O) groups is 1. The molecule has 0 bridgehead atoms. The molecule has 0 aliphatic rings. The molecule has 1 heterocycles. The fraction of sp³-hybridized carbons (Fsp3) is 0.600. The van der Waals surface area contributed by atoms with Gasteiger partial charge in [-0.2, -0.15) is 0 Å². The molecular weight excluding hydrogens is 238 g/mol. The van der Waals surface area contributed by atoms with E-state index >= 15 is 0 Å².